The second-order valence-electron chi connectivity index (χ2n) is 7.49. The Bertz CT molecular complexity index is 943. The molecule has 0 spiro atoms. The lowest BCUT2D eigenvalue weighted by Gasteiger charge is -2.47. The summed E-state index contributed by atoms with van der Waals surface area (Å²) in [5.74, 6) is 0. The average Bonchev–Trinajstić information content (AvgIpc) is 2.66. The van der Waals surface area contributed by atoms with Crippen molar-refractivity contribution in [1.82, 2.24) is 4.72 Å². The third-order valence-corrected chi connectivity index (χ3v) is 7.69. The molecule has 1 aliphatic rings. The smallest absolute Gasteiger partial charge is 0.299 e. The minimum absolute atomic E-state index is 0.0549. The van der Waals surface area contributed by atoms with Gasteiger partial charge >= 0.3 is 0 Å². The summed E-state index contributed by atoms with van der Waals surface area (Å²) in [4.78, 5) is 4.49. The summed E-state index contributed by atoms with van der Waals surface area (Å²) in [6.45, 7) is 5.08. The fourth-order valence-electron chi connectivity index (χ4n) is 3.46. The molecule has 1 fully saturated rings. The number of hydrogen-bond acceptors (Lipinski definition) is 5. The highest BCUT2D eigenvalue weighted by molar-refractivity contribution is 7.91. The van der Waals surface area contributed by atoms with Gasteiger partial charge < -0.3 is 9.84 Å². The van der Waals surface area contributed by atoms with Crippen molar-refractivity contribution in [1.29, 1.82) is 0 Å². The molecule has 150 valence electrons. The quantitative estimate of drug-likeness (QED) is 0.804. The Labute approximate surface area is 166 Å². The topological polar surface area (TPSA) is 88.0 Å². The summed E-state index contributed by atoms with van der Waals surface area (Å²) in [6, 6.07) is 18.0. The summed E-state index contributed by atoms with van der Waals surface area (Å²) in [7, 11) is -3.84. The number of benzene rings is 2. The van der Waals surface area contributed by atoms with E-state index < -0.39 is 26.4 Å². The maximum Gasteiger partial charge on any atom is 0.299 e. The number of hydrogen-bond donors (Lipinski definition) is 2. The summed E-state index contributed by atoms with van der Waals surface area (Å²) in [5, 5.41) is 9.42. The normalized spacial score (nSPS) is 25.5. The Morgan fingerprint density at radius 2 is 1.61 bits per heavy atom. The van der Waals surface area contributed by atoms with Gasteiger partial charge in [-0.2, -0.15) is 0 Å². The van der Waals surface area contributed by atoms with Crippen LogP contribution in [0.25, 0.3) is 0 Å². The standard InChI is InChI=1S/C21H26N2O4S/c1-20(2)21(3,17-12-8-5-9-13-17)28(25,26)23-19(27-20)22-18(14-15-24)16-10-6-4-7-11-16/h4-13,18,24H,14-15H2,1-3H3,(H,22,23)/t18-,21?/m0/s1. The molecule has 1 unspecified atom stereocenters. The molecule has 0 saturated carbocycles. The summed E-state index contributed by atoms with van der Waals surface area (Å²) in [5.41, 5.74) is 0.445. The molecule has 3 rings (SSSR count). The van der Waals surface area contributed by atoms with E-state index >= 15 is 0 Å². The fourth-order valence-corrected chi connectivity index (χ4v) is 5.12. The Balaban J connectivity index is 2.01. The first-order chi connectivity index (χ1) is 13.2. The van der Waals surface area contributed by atoms with Crippen molar-refractivity contribution in [2.75, 3.05) is 6.61 Å². The van der Waals surface area contributed by atoms with Gasteiger partial charge in [-0.1, -0.05) is 60.7 Å². The molecule has 0 aromatic heterocycles. The van der Waals surface area contributed by atoms with Crippen LogP contribution < -0.4 is 4.72 Å². The van der Waals surface area contributed by atoms with E-state index in [0.717, 1.165) is 5.56 Å². The third kappa shape index (κ3) is 3.52. The number of sulfonamides is 1. The summed E-state index contributed by atoms with van der Waals surface area (Å²) >= 11 is 0. The molecule has 6 nitrogen and oxygen atoms in total. The first kappa shape index (κ1) is 20.4. The highest BCUT2D eigenvalue weighted by Crippen LogP contribution is 2.44. The van der Waals surface area contributed by atoms with Gasteiger partial charge in [0.1, 0.15) is 5.60 Å². The van der Waals surface area contributed by atoms with Gasteiger partial charge in [0.05, 0.1) is 6.04 Å². The molecular formula is C21H26N2O4S. The summed E-state index contributed by atoms with van der Waals surface area (Å²) in [6.07, 6.45) is 0.356. The Hall–Kier alpha value is -2.38. The minimum atomic E-state index is -3.84. The van der Waals surface area contributed by atoms with Gasteiger partial charge in [-0.25, -0.2) is 18.1 Å². The van der Waals surface area contributed by atoms with Crippen molar-refractivity contribution in [3.8, 4) is 0 Å². The van der Waals surface area contributed by atoms with Crippen LogP contribution in [0.2, 0.25) is 0 Å². The third-order valence-electron chi connectivity index (χ3n) is 5.44. The van der Waals surface area contributed by atoms with Gasteiger partial charge in [-0.3, -0.25) is 0 Å². The van der Waals surface area contributed by atoms with Gasteiger partial charge in [-0.15, -0.1) is 0 Å². The van der Waals surface area contributed by atoms with Crippen LogP contribution >= 0.6 is 0 Å². The Morgan fingerprint density at radius 1 is 1.04 bits per heavy atom. The molecule has 0 bridgehead atoms. The molecule has 2 atom stereocenters. The SMILES string of the molecule is CC1(C)OC(=N[C@@H](CCO)c2ccccc2)NS(=O)(=O)C1(C)c1ccccc1. The van der Waals surface area contributed by atoms with E-state index in [1.54, 1.807) is 32.9 Å². The molecule has 2 aromatic carbocycles. The highest BCUT2D eigenvalue weighted by atomic mass is 32.2. The molecule has 2 N–H and O–H groups in total. The van der Waals surface area contributed by atoms with Crippen LogP contribution in [0.1, 0.15) is 44.4 Å². The van der Waals surface area contributed by atoms with Gasteiger partial charge in [0.15, 0.2) is 4.75 Å². The predicted molar refractivity (Wildman–Crippen MR) is 109 cm³/mol. The molecule has 1 heterocycles. The van der Waals surface area contributed by atoms with Gasteiger partial charge in [0.2, 0.25) is 10.0 Å². The van der Waals surface area contributed by atoms with E-state index in [1.807, 2.05) is 48.5 Å². The number of rotatable bonds is 5. The molecule has 1 aliphatic heterocycles. The molecule has 28 heavy (non-hydrogen) atoms. The number of ether oxygens (including phenoxy) is 1. The van der Waals surface area contributed by atoms with Gasteiger partial charge in [0.25, 0.3) is 6.02 Å². The first-order valence-electron chi connectivity index (χ1n) is 9.22. The zero-order chi connectivity index (χ0) is 20.4. The van der Waals surface area contributed by atoms with Crippen molar-refractivity contribution in [2.24, 2.45) is 4.99 Å². The van der Waals surface area contributed by atoms with Crippen LogP contribution in [0.15, 0.2) is 65.7 Å². The second kappa shape index (κ2) is 7.56. The Morgan fingerprint density at radius 3 is 2.14 bits per heavy atom. The van der Waals surface area contributed by atoms with Crippen molar-refractivity contribution in [3.05, 3.63) is 71.8 Å². The van der Waals surface area contributed by atoms with E-state index in [-0.39, 0.29) is 12.6 Å². The summed E-state index contributed by atoms with van der Waals surface area (Å²) < 4.78 is 33.8. The number of aliphatic imine (C=N–C) groups is 1. The Kier molecular flexibility index (Phi) is 5.50. The van der Waals surface area contributed by atoms with E-state index in [2.05, 4.69) is 9.71 Å². The van der Waals surface area contributed by atoms with E-state index in [1.165, 1.54) is 0 Å². The predicted octanol–water partition coefficient (Wildman–Crippen LogP) is 3.11. The first-order valence-corrected chi connectivity index (χ1v) is 10.7. The molecular weight excluding hydrogens is 376 g/mol. The van der Waals surface area contributed by atoms with E-state index in [4.69, 9.17) is 4.74 Å². The molecule has 0 aliphatic carbocycles. The number of nitrogens with one attached hydrogen (secondary N) is 1. The molecule has 1 saturated heterocycles. The fraction of sp³-hybridized carbons (Fsp3) is 0.381. The second-order valence-corrected chi connectivity index (χ2v) is 9.52. The van der Waals surface area contributed by atoms with Crippen LogP contribution in [0.4, 0.5) is 0 Å². The molecule has 2 aromatic rings. The lowest BCUT2D eigenvalue weighted by atomic mass is 9.85. The van der Waals surface area contributed by atoms with Crippen molar-refractivity contribution >= 4 is 16.0 Å². The molecule has 0 amide bonds. The molecule has 7 heteroatoms. The number of aliphatic hydroxyl groups is 1. The van der Waals surface area contributed by atoms with Crippen LogP contribution in [-0.2, 0) is 19.5 Å². The monoisotopic (exact) mass is 402 g/mol. The minimum Gasteiger partial charge on any atom is -0.456 e. The molecule has 0 radical (unpaired) electrons. The van der Waals surface area contributed by atoms with Crippen molar-refractivity contribution in [3.63, 3.8) is 0 Å². The maximum atomic E-state index is 13.3. The van der Waals surface area contributed by atoms with Crippen LogP contribution in [0.5, 0.6) is 0 Å². The zero-order valence-electron chi connectivity index (χ0n) is 16.3. The number of aliphatic hydroxyl groups excluding tert-OH is 1. The number of amidine groups is 1. The van der Waals surface area contributed by atoms with Crippen molar-refractivity contribution < 1.29 is 18.3 Å². The number of nitrogens with zero attached hydrogens (tertiary/aromatic N) is 1. The average molecular weight is 403 g/mol. The van der Waals surface area contributed by atoms with E-state index in [9.17, 15) is 13.5 Å². The zero-order valence-corrected chi connectivity index (χ0v) is 17.1. The van der Waals surface area contributed by atoms with Crippen LogP contribution in [0.3, 0.4) is 0 Å². The van der Waals surface area contributed by atoms with Gasteiger partial charge in [-0.05, 0) is 38.3 Å². The largest absolute Gasteiger partial charge is 0.456 e. The van der Waals surface area contributed by atoms with E-state index in [0.29, 0.717) is 12.0 Å². The van der Waals surface area contributed by atoms with Crippen LogP contribution in [0, 0.1) is 0 Å². The van der Waals surface area contributed by atoms with Crippen LogP contribution in [-0.4, -0.2) is 31.8 Å². The lowest BCUT2D eigenvalue weighted by Crippen LogP contribution is -2.63. The maximum absolute atomic E-state index is 13.3. The highest BCUT2D eigenvalue weighted by Gasteiger charge is 2.58. The lowest BCUT2D eigenvalue weighted by molar-refractivity contribution is 0.0381. The van der Waals surface area contributed by atoms with Crippen molar-refractivity contribution in [2.45, 2.75) is 43.6 Å². The van der Waals surface area contributed by atoms with Gasteiger partial charge in [0, 0.05) is 6.61 Å².